The number of nitrogen functional groups attached to an aromatic ring is 1. The number of nitrogens with two attached hydrogens (primary N) is 1. The number of piperazine rings is 2. The van der Waals surface area contributed by atoms with Gasteiger partial charge in [0.1, 0.15) is 5.82 Å². The van der Waals surface area contributed by atoms with Gasteiger partial charge < -0.3 is 37.0 Å². The second-order valence-corrected chi connectivity index (χ2v) is 13.5. The summed E-state index contributed by atoms with van der Waals surface area (Å²) in [7, 11) is 1.66. The normalized spacial score (nSPS) is 15.4. The summed E-state index contributed by atoms with van der Waals surface area (Å²) in [6, 6.07) is 7.62. The molecule has 2 saturated heterocycles. The lowest BCUT2D eigenvalue weighted by molar-refractivity contribution is -0.192. The van der Waals surface area contributed by atoms with Crippen molar-refractivity contribution in [3.8, 4) is 11.3 Å². The van der Waals surface area contributed by atoms with E-state index in [2.05, 4.69) is 41.1 Å². The van der Waals surface area contributed by atoms with Gasteiger partial charge >= 0.3 is 18.3 Å². The molecule has 0 aliphatic carbocycles. The Balaban J connectivity index is 0.000000344. The summed E-state index contributed by atoms with van der Waals surface area (Å²) in [5.41, 5.74) is 5.77. The summed E-state index contributed by atoms with van der Waals surface area (Å²) in [6.45, 7) is 14.5. The smallest absolute Gasteiger partial charge is 0.475 e. The van der Waals surface area contributed by atoms with Gasteiger partial charge in [0.15, 0.2) is 5.65 Å². The van der Waals surface area contributed by atoms with Crippen LogP contribution < -0.4 is 31.9 Å². The number of amides is 2. The molecule has 0 saturated carbocycles. The summed E-state index contributed by atoms with van der Waals surface area (Å²) < 4.78 is 74.1. The highest BCUT2D eigenvalue weighted by atomic mass is 19.4. The molecular formula is C35H49F6N11O4. The summed E-state index contributed by atoms with van der Waals surface area (Å²) >= 11 is 0. The van der Waals surface area contributed by atoms with E-state index in [9.17, 15) is 35.9 Å². The Morgan fingerprint density at radius 1 is 0.821 bits per heavy atom. The van der Waals surface area contributed by atoms with Gasteiger partial charge in [-0.2, -0.15) is 36.3 Å². The van der Waals surface area contributed by atoms with Gasteiger partial charge in [-0.25, -0.2) is 9.78 Å². The number of aliphatic carboxylic acids is 1. The lowest BCUT2D eigenvalue weighted by atomic mass is 9.99. The number of benzene rings is 1. The topological polar surface area (TPSA) is 194 Å². The lowest BCUT2D eigenvalue weighted by Gasteiger charge is -2.37. The molecular weight excluding hydrogens is 752 g/mol. The average molecular weight is 802 g/mol. The van der Waals surface area contributed by atoms with Crippen LogP contribution in [0.15, 0.2) is 30.3 Å². The molecule has 15 nitrogen and oxygen atoms in total. The third-order valence-electron chi connectivity index (χ3n) is 8.22. The summed E-state index contributed by atoms with van der Waals surface area (Å²) in [5, 5.41) is 19.6. The van der Waals surface area contributed by atoms with Crippen LogP contribution in [-0.4, -0.2) is 138 Å². The highest BCUT2D eigenvalue weighted by Gasteiger charge is 2.38. The molecule has 0 bridgehead atoms. The molecule has 0 spiro atoms. The molecule has 0 radical (unpaired) electrons. The van der Waals surface area contributed by atoms with Gasteiger partial charge in [0.25, 0.3) is 0 Å². The number of hydrogen-bond donors (Lipinski definition) is 6. The zero-order valence-electron chi connectivity index (χ0n) is 31.8. The zero-order chi connectivity index (χ0) is 41.8. The van der Waals surface area contributed by atoms with E-state index in [1.807, 2.05) is 37.5 Å². The van der Waals surface area contributed by atoms with E-state index in [1.165, 1.54) is 6.07 Å². The summed E-state index contributed by atoms with van der Waals surface area (Å²) in [5.74, 6) is -2.28. The van der Waals surface area contributed by atoms with Gasteiger partial charge in [-0.3, -0.25) is 19.4 Å². The molecule has 2 aliphatic rings. The van der Waals surface area contributed by atoms with Crippen molar-refractivity contribution >= 4 is 46.3 Å². The van der Waals surface area contributed by atoms with E-state index in [0.717, 1.165) is 32.2 Å². The molecule has 0 unspecified atom stereocenters. The number of carboxylic acid groups (broad SMARTS) is 1. The van der Waals surface area contributed by atoms with Crippen molar-refractivity contribution in [1.29, 1.82) is 0 Å². The molecule has 0 atom stereocenters. The van der Waals surface area contributed by atoms with Crippen LogP contribution in [0.25, 0.3) is 22.3 Å². The number of carboxylic acids is 1. The minimum atomic E-state index is -5.08. The molecule has 3 aromatic rings. The Morgan fingerprint density at radius 2 is 1.36 bits per heavy atom. The number of fused-ring (bicyclic) bond motifs is 1. The molecule has 21 heteroatoms. The Morgan fingerprint density at radius 3 is 1.84 bits per heavy atom. The van der Waals surface area contributed by atoms with E-state index in [1.54, 1.807) is 25.2 Å². The summed E-state index contributed by atoms with van der Waals surface area (Å²) in [6.07, 6.45) is -9.67. The number of alkyl halides is 6. The zero-order valence-corrected chi connectivity index (χ0v) is 31.8. The molecule has 2 aromatic heterocycles. The number of carbonyl (C=O) groups is 3. The maximum absolute atomic E-state index is 14.1. The number of nitrogens with one attached hydrogen (secondary N) is 4. The predicted molar refractivity (Wildman–Crippen MR) is 200 cm³/mol. The van der Waals surface area contributed by atoms with Crippen molar-refractivity contribution in [3.05, 3.63) is 35.9 Å². The van der Waals surface area contributed by atoms with E-state index < -0.39 is 23.9 Å². The first-order valence-corrected chi connectivity index (χ1v) is 17.8. The highest BCUT2D eigenvalue weighted by Crippen LogP contribution is 2.42. The lowest BCUT2D eigenvalue weighted by Crippen LogP contribution is -2.50. The van der Waals surface area contributed by atoms with Crippen molar-refractivity contribution in [3.63, 3.8) is 0 Å². The maximum Gasteiger partial charge on any atom is 0.490 e. The number of pyridine rings is 1. The van der Waals surface area contributed by atoms with Crippen LogP contribution in [0.1, 0.15) is 33.3 Å². The fourth-order valence-corrected chi connectivity index (χ4v) is 5.82. The maximum atomic E-state index is 14.1. The van der Waals surface area contributed by atoms with Crippen LogP contribution in [-0.2, 0) is 20.6 Å². The first-order valence-electron chi connectivity index (χ1n) is 17.8. The number of hydrogen-bond acceptors (Lipinski definition) is 12. The predicted octanol–water partition coefficient (Wildman–Crippen LogP) is 3.03. The first-order chi connectivity index (χ1) is 26.2. The molecule has 2 aliphatic heterocycles. The fourth-order valence-electron chi connectivity index (χ4n) is 5.82. The van der Waals surface area contributed by atoms with Crippen molar-refractivity contribution in [2.45, 2.75) is 52.1 Å². The Kier molecular flexibility index (Phi) is 16.4. The van der Waals surface area contributed by atoms with Gasteiger partial charge in [-0.15, -0.1) is 0 Å². The quantitative estimate of drug-likeness (QED) is 0.173. The van der Waals surface area contributed by atoms with Crippen LogP contribution in [0.4, 0.5) is 43.8 Å². The van der Waals surface area contributed by atoms with Crippen LogP contribution in [0.2, 0.25) is 0 Å². The second-order valence-electron chi connectivity index (χ2n) is 13.5. The molecule has 4 heterocycles. The molecule has 2 fully saturated rings. The molecule has 7 N–H and O–H groups in total. The van der Waals surface area contributed by atoms with E-state index in [0.29, 0.717) is 49.6 Å². The van der Waals surface area contributed by atoms with E-state index in [4.69, 9.17) is 15.6 Å². The van der Waals surface area contributed by atoms with E-state index >= 15 is 0 Å². The molecule has 56 heavy (non-hydrogen) atoms. The standard InChI is InChI=1S/C24H29F3N8O.C9H19N3O.C2HF3O2/c1-14(2)30-19(36)13-34-9-11-35(12-10-34)18-6-4-5-16(24(25,26)27)20(18)17-8-7-15-21(29-3)32-23(28)33-22(15)31-17;1-8(2)11-9(13)7-12-5-3-10-4-6-12;3-2(4,5)1(6)7/h4-8,14H,9-13H2,1-3H3,(H,30,36)(H3,28,29,31,32,33);8,10H,3-7H2,1-2H3,(H,11,13);(H,6,7). The van der Waals surface area contributed by atoms with Crippen LogP contribution in [0.3, 0.4) is 0 Å². The third kappa shape index (κ3) is 13.9. The molecule has 1 aromatic carbocycles. The van der Waals surface area contributed by atoms with Gasteiger partial charge in [0.05, 0.1) is 29.7 Å². The third-order valence-corrected chi connectivity index (χ3v) is 8.22. The van der Waals surface area contributed by atoms with Crippen LogP contribution in [0.5, 0.6) is 0 Å². The first kappa shape index (κ1) is 45.4. The van der Waals surface area contributed by atoms with E-state index in [-0.39, 0.29) is 53.3 Å². The number of nitrogens with zero attached hydrogens (tertiary/aromatic N) is 6. The minimum absolute atomic E-state index is 0.0129. The van der Waals surface area contributed by atoms with Gasteiger partial charge in [-0.1, -0.05) is 6.07 Å². The van der Waals surface area contributed by atoms with Gasteiger partial charge in [-0.05, 0) is 52.0 Å². The van der Waals surface area contributed by atoms with Gasteiger partial charge in [0.2, 0.25) is 17.8 Å². The Hall–Kier alpha value is -5.02. The van der Waals surface area contributed by atoms with Gasteiger partial charge in [0, 0.05) is 82.7 Å². The number of carbonyl (C=O) groups excluding carboxylic acids is 2. The molecule has 5 rings (SSSR count). The van der Waals surface area contributed by atoms with Crippen LogP contribution >= 0.6 is 0 Å². The monoisotopic (exact) mass is 801 g/mol. The second kappa shape index (κ2) is 20.2. The number of anilines is 3. The molecule has 310 valence electrons. The Labute approximate surface area is 320 Å². The number of halogens is 6. The fraction of sp³-hybridized carbons (Fsp3) is 0.543. The van der Waals surface area contributed by atoms with Crippen molar-refractivity contribution in [2.75, 3.05) is 88.4 Å². The SMILES string of the molecule is CC(C)NC(=O)CN1CCNCC1.CNc1nc(N)nc2nc(-c3c(N4CCN(CC(=O)NC(C)C)CC4)cccc3C(F)(F)F)ccc12.O=C(O)C(F)(F)F. The van der Waals surface area contributed by atoms with Crippen LogP contribution in [0, 0.1) is 0 Å². The van der Waals surface area contributed by atoms with Crippen molar-refractivity contribution < 1.29 is 45.8 Å². The number of rotatable bonds is 9. The van der Waals surface area contributed by atoms with Crippen molar-refractivity contribution in [1.82, 2.24) is 40.7 Å². The Bertz CT molecular complexity index is 1780. The highest BCUT2D eigenvalue weighted by molar-refractivity contribution is 5.91. The average Bonchev–Trinajstić information content (AvgIpc) is 3.10. The van der Waals surface area contributed by atoms with Crippen molar-refractivity contribution in [2.24, 2.45) is 0 Å². The summed E-state index contributed by atoms with van der Waals surface area (Å²) in [4.78, 5) is 51.1. The number of aromatic nitrogens is 3. The molecule has 2 amide bonds. The minimum Gasteiger partial charge on any atom is -0.475 e. The largest absolute Gasteiger partial charge is 0.490 e.